The average molecular weight is 1630 g/mol. The Kier molecular flexibility index (Phi) is 29.7. The number of ether oxygens (including phenoxy) is 9. The first-order valence-corrected chi connectivity index (χ1v) is 38.5. The number of esters is 5. The standard InChI is InChI=1S/C25H30O5.C23H26N4O5.C21H21Cl2NO5.C18H18N2O5/c1-5-28-23(27)25(16-21(25)22(26)30-24(2,3)4)15-18-11-13-20(14-12-18)29-17-19-9-7-6-8-10-19;1-2-31-22(29)23(13-20(23)21(28)25-30)12-16-8-10-19(11-9-16)32-15-17-14-27(26-24-17)18-6-4-3-5-7-18;1-2-28-20(26)21(11-16(21)19(25)24-27)10-13-6-8-15(9-7-13)29-12-14-4-3-5-17(22)18(14)23;1-24-17(22)18(9-15(18)16(21)20-23)13-5-2-6-14(8-13)25-11-12-4-3-7-19-10-12/h6-14,21H,5,15-17H2,1-4H3;3-11,14,20,24,26,30H,2,12-13,15H2,1H3,(H,25,28);3-9,16,27H,2,10-12H2,1H3,(H,24,25);2-8,10,15,23H,9,11H2,1H3,(H,20,21)/t21-,25+;20-,23+;16-,21+;15-,18-/m1110/s1. The zero-order chi connectivity index (χ0) is 83.2. The second kappa shape index (κ2) is 39.6. The maximum Gasteiger partial charge on any atom is 0.317 e. The van der Waals surface area contributed by atoms with Gasteiger partial charge in [-0.25, -0.2) is 16.4 Å². The monoisotopic (exact) mass is 1630 g/mol. The van der Waals surface area contributed by atoms with E-state index in [1.54, 1.807) is 98.1 Å². The van der Waals surface area contributed by atoms with E-state index in [4.69, 9.17) is 81.5 Å². The zero-order valence-electron chi connectivity index (χ0n) is 65.3. The van der Waals surface area contributed by atoms with Crippen molar-refractivity contribution in [3.8, 4) is 23.0 Å². The summed E-state index contributed by atoms with van der Waals surface area (Å²) >= 11 is 12.2. The topological polar surface area (TPSA) is 357 Å². The highest BCUT2D eigenvalue weighted by Gasteiger charge is 2.68. The number of amides is 3. The molecular formula is C87H95Cl2N7O20. The molecule has 0 unspecified atom stereocenters. The summed E-state index contributed by atoms with van der Waals surface area (Å²) in [4.78, 5) is 102. The fourth-order valence-corrected chi connectivity index (χ4v) is 14.2. The van der Waals surface area contributed by atoms with Gasteiger partial charge >= 0.3 is 29.8 Å². The Bertz CT molecular complexity index is 4740. The lowest BCUT2D eigenvalue weighted by Crippen LogP contribution is -2.36. The molecule has 8 atom stereocenters. The van der Waals surface area contributed by atoms with Crippen LogP contribution in [0.2, 0.25) is 10.0 Å². The Morgan fingerprint density at radius 3 is 1.44 bits per heavy atom. The number of aromatic nitrogens is 1. The Balaban J connectivity index is 0.000000164. The molecule has 4 fully saturated rings. The molecule has 7 aromatic carbocycles. The molecular weight excluding hydrogens is 1530 g/mol. The number of anilines is 1. The maximum absolute atomic E-state index is 12.7. The average Bonchev–Trinajstić information content (AvgIpc) is 1.56. The van der Waals surface area contributed by atoms with Crippen molar-refractivity contribution in [3.63, 3.8) is 0 Å². The van der Waals surface area contributed by atoms with Crippen LogP contribution >= 0.6 is 23.2 Å². The van der Waals surface area contributed by atoms with Gasteiger partial charge in [-0.15, -0.1) is 5.53 Å². The minimum absolute atomic E-state index is 0.229. The van der Waals surface area contributed by atoms with Crippen LogP contribution in [0.4, 0.5) is 5.69 Å². The lowest BCUT2D eigenvalue weighted by Gasteiger charge is -2.21. The van der Waals surface area contributed by atoms with Gasteiger partial charge in [0, 0.05) is 29.7 Å². The Labute approximate surface area is 682 Å². The Morgan fingerprint density at radius 2 is 0.948 bits per heavy atom. The summed E-state index contributed by atoms with van der Waals surface area (Å²) in [7, 11) is 1.28. The minimum Gasteiger partial charge on any atom is -0.489 e. The lowest BCUT2D eigenvalue weighted by molar-refractivity contribution is -0.162. The van der Waals surface area contributed by atoms with Crippen LogP contribution in [0.15, 0.2) is 212 Å². The van der Waals surface area contributed by atoms with Crippen molar-refractivity contribution in [2.24, 2.45) is 39.9 Å². The second-order valence-corrected chi connectivity index (χ2v) is 30.2. The van der Waals surface area contributed by atoms with Crippen LogP contribution in [-0.4, -0.2) is 107 Å². The van der Waals surface area contributed by atoms with E-state index in [0.29, 0.717) is 91.2 Å². The molecule has 2 heterocycles. The molecule has 3 amide bonds. The number of methoxy groups -OCH3 is 1. The molecule has 0 radical (unpaired) electrons. The number of carbonyl (C=O) groups excluding carboxylic acids is 8. The summed E-state index contributed by atoms with van der Waals surface area (Å²) in [5, 5.41) is 29.5. The van der Waals surface area contributed by atoms with Crippen LogP contribution in [-0.2, 0) is 107 Å². The first-order valence-electron chi connectivity index (χ1n) is 37.8. The van der Waals surface area contributed by atoms with Crippen molar-refractivity contribution in [1.29, 1.82) is 0 Å². The quantitative estimate of drug-likeness (QED) is 0.00866. The number of nitrogens with one attached hydrogen (secondary N) is 5. The van der Waals surface area contributed by atoms with Crippen LogP contribution in [0.25, 0.3) is 0 Å². The van der Waals surface area contributed by atoms with Gasteiger partial charge in [-0.05, 0) is 187 Å². The SMILES string of the molecule is CCOC(=O)[C@@]1(Cc2ccc(OCC3=CN(c4ccccc4)NN3)cc2)C[C@@H]1C(=O)NO.CCOC(=O)[C@@]1(Cc2ccc(OCc3cccc(Cl)c3Cl)cc2)C[C@@H]1C(=O)NO.CCOC(=O)[C@@]1(Cc2ccc(OCc3ccccc3)cc2)C[C@@H]1C(=O)OC(C)(C)C.COC(=O)[C@]1(c2cccc(OCc3cccnc3)c2)C[C@H]1C(=O)NO. The highest BCUT2D eigenvalue weighted by molar-refractivity contribution is 6.42. The van der Waals surface area contributed by atoms with E-state index in [-0.39, 0.29) is 44.8 Å². The maximum atomic E-state index is 12.7. The van der Waals surface area contributed by atoms with Crippen LogP contribution in [0.1, 0.15) is 106 Å². The summed E-state index contributed by atoms with van der Waals surface area (Å²) in [6.45, 7) is 12.9. The van der Waals surface area contributed by atoms with Gasteiger partial charge < -0.3 is 48.1 Å². The van der Waals surface area contributed by atoms with Crippen molar-refractivity contribution in [1.82, 2.24) is 32.4 Å². The van der Waals surface area contributed by atoms with Crippen molar-refractivity contribution in [2.45, 2.75) is 117 Å². The predicted octanol–water partition coefficient (Wildman–Crippen LogP) is 12.6. The van der Waals surface area contributed by atoms with E-state index in [1.807, 2.05) is 172 Å². The second-order valence-electron chi connectivity index (χ2n) is 29.4. The number of rotatable bonds is 31. The third-order valence-corrected chi connectivity index (χ3v) is 21.1. The van der Waals surface area contributed by atoms with Gasteiger partial charge in [0.15, 0.2) is 0 Å². The van der Waals surface area contributed by atoms with Crippen molar-refractivity contribution >= 4 is 76.5 Å². The molecule has 1 aliphatic heterocycles. The number of carbonyl (C=O) groups is 8. The molecule has 0 bridgehead atoms. The van der Waals surface area contributed by atoms with Gasteiger partial charge in [-0.3, -0.25) is 64.0 Å². The van der Waals surface area contributed by atoms with Gasteiger partial charge in [0.2, 0.25) is 17.7 Å². The van der Waals surface area contributed by atoms with Crippen LogP contribution in [0, 0.1) is 39.9 Å². The van der Waals surface area contributed by atoms with E-state index >= 15 is 0 Å². The highest BCUT2D eigenvalue weighted by Crippen LogP contribution is 2.59. The summed E-state index contributed by atoms with van der Waals surface area (Å²) in [6.07, 6.45) is 7.86. The van der Waals surface area contributed by atoms with Crippen molar-refractivity contribution in [2.75, 3.05) is 38.5 Å². The van der Waals surface area contributed by atoms with E-state index in [2.05, 4.69) is 15.9 Å². The number of para-hydroxylation sites is 1. The number of hydrogen-bond acceptors (Lipinski definition) is 24. The molecule has 8 aromatic rings. The molecule has 13 rings (SSSR count). The number of hydrogen-bond donors (Lipinski definition) is 8. The predicted molar refractivity (Wildman–Crippen MR) is 425 cm³/mol. The number of benzene rings is 7. The lowest BCUT2D eigenvalue weighted by atomic mass is 9.92. The fourth-order valence-electron chi connectivity index (χ4n) is 13.8. The van der Waals surface area contributed by atoms with E-state index in [0.717, 1.165) is 50.5 Å². The Hall–Kier alpha value is -11.6. The molecule has 4 aliphatic carbocycles. The van der Waals surface area contributed by atoms with Gasteiger partial charge in [-0.2, -0.15) is 0 Å². The van der Waals surface area contributed by atoms with Gasteiger partial charge in [0.25, 0.3) is 0 Å². The number of halogens is 2. The molecule has 612 valence electrons. The third-order valence-electron chi connectivity index (χ3n) is 20.3. The first-order chi connectivity index (χ1) is 55.8. The van der Waals surface area contributed by atoms with Crippen LogP contribution < -0.4 is 51.4 Å². The highest BCUT2D eigenvalue weighted by atomic mass is 35.5. The summed E-state index contributed by atoms with van der Waals surface area (Å²) < 4.78 is 49.2. The van der Waals surface area contributed by atoms with Crippen LogP contribution in [0.3, 0.4) is 0 Å². The first kappa shape index (κ1) is 86.8. The van der Waals surface area contributed by atoms with Crippen molar-refractivity contribution in [3.05, 3.63) is 261 Å². The molecule has 0 spiro atoms. The molecule has 1 aromatic heterocycles. The molecule has 0 saturated heterocycles. The largest absolute Gasteiger partial charge is 0.489 e. The number of hydroxylamine groups is 3. The van der Waals surface area contributed by atoms with E-state index in [9.17, 15) is 38.4 Å². The van der Waals surface area contributed by atoms with E-state index < -0.39 is 86.6 Å². The van der Waals surface area contributed by atoms with E-state index in [1.165, 1.54) is 7.11 Å². The van der Waals surface area contributed by atoms with Gasteiger partial charge in [-0.1, -0.05) is 138 Å². The number of nitrogens with zero attached hydrogens (tertiary/aromatic N) is 2. The molecule has 29 heteroatoms. The molecule has 5 aliphatic rings. The minimum atomic E-state index is -1.09. The van der Waals surface area contributed by atoms with Crippen molar-refractivity contribution < 1.29 is 96.6 Å². The van der Waals surface area contributed by atoms with Gasteiger partial charge in [0.1, 0.15) is 60.4 Å². The van der Waals surface area contributed by atoms with Crippen LogP contribution in [0.5, 0.6) is 23.0 Å². The summed E-state index contributed by atoms with van der Waals surface area (Å²) in [5.74, 6) is -3.44. The normalized spacial score (nSPS) is 20.8. The summed E-state index contributed by atoms with van der Waals surface area (Å²) in [6, 6.07) is 58.2. The molecule has 27 nitrogen and oxygen atoms in total. The van der Waals surface area contributed by atoms with Gasteiger partial charge in [0.05, 0.1) is 88.3 Å². The third kappa shape index (κ3) is 22.1. The Morgan fingerprint density at radius 1 is 0.491 bits per heavy atom. The molecule has 4 saturated carbocycles. The fraction of sp³-hybridized carbons (Fsp3) is 0.345. The zero-order valence-corrected chi connectivity index (χ0v) is 66.8. The molecule has 116 heavy (non-hydrogen) atoms. The molecule has 8 N–H and O–H groups in total. The number of pyridine rings is 1. The smallest absolute Gasteiger partial charge is 0.317 e. The number of hydrazine groups is 2. The summed E-state index contributed by atoms with van der Waals surface area (Å²) in [5.41, 5.74) is 14.6.